The van der Waals surface area contributed by atoms with Crippen molar-refractivity contribution < 1.29 is 0 Å². The Morgan fingerprint density at radius 2 is 1.42 bits per heavy atom. The molecule has 0 saturated carbocycles. The molecule has 1 heteroatoms. The van der Waals surface area contributed by atoms with Gasteiger partial charge in [0.1, 0.15) is 5.41 Å². The second-order valence-electron chi connectivity index (χ2n) is 4.68. The lowest BCUT2D eigenvalue weighted by molar-refractivity contribution is 0.512. The maximum atomic E-state index is 9.89. The highest BCUT2D eigenvalue weighted by molar-refractivity contribution is 5.47. The first-order valence-corrected chi connectivity index (χ1v) is 6.40. The van der Waals surface area contributed by atoms with Crippen LogP contribution >= 0.6 is 0 Å². The summed E-state index contributed by atoms with van der Waals surface area (Å²) < 4.78 is 0. The van der Waals surface area contributed by atoms with E-state index in [0.29, 0.717) is 0 Å². The lowest BCUT2D eigenvalue weighted by atomic mass is 9.67. The minimum absolute atomic E-state index is 0.0299. The van der Waals surface area contributed by atoms with Crippen molar-refractivity contribution in [2.45, 2.75) is 12.3 Å². The Hall–Kier alpha value is -2.33. The van der Waals surface area contributed by atoms with Gasteiger partial charge >= 0.3 is 0 Å². The minimum atomic E-state index is -0.676. The zero-order valence-electron chi connectivity index (χ0n) is 11.1. The fourth-order valence-corrected chi connectivity index (χ4v) is 2.50. The summed E-state index contributed by atoms with van der Waals surface area (Å²) in [6.45, 7) is 5.91. The smallest absolute Gasteiger partial charge is 0.113 e. The zero-order chi connectivity index (χ0) is 13.7. The van der Waals surface area contributed by atoms with Crippen LogP contribution in [0, 0.1) is 17.2 Å². The summed E-state index contributed by atoms with van der Waals surface area (Å²) >= 11 is 0. The molecular weight excluding hydrogens is 230 g/mol. The van der Waals surface area contributed by atoms with Crippen molar-refractivity contribution in [1.82, 2.24) is 0 Å². The Bertz CT molecular complexity index is 539. The van der Waals surface area contributed by atoms with Gasteiger partial charge in [0.15, 0.2) is 0 Å². The van der Waals surface area contributed by atoms with Gasteiger partial charge in [-0.3, -0.25) is 0 Å². The normalized spacial score (nSPS) is 12.4. The number of allylic oxidation sites excluding steroid dienone is 1. The van der Waals surface area contributed by atoms with Gasteiger partial charge in [-0.1, -0.05) is 73.7 Å². The number of hydrogen-bond donors (Lipinski definition) is 0. The molecule has 0 amide bonds. The number of hydrogen-bond acceptors (Lipinski definition) is 1. The Balaban J connectivity index is 2.70. The van der Waals surface area contributed by atoms with Gasteiger partial charge in [0.2, 0.25) is 0 Å². The van der Waals surface area contributed by atoms with E-state index in [-0.39, 0.29) is 5.92 Å². The summed E-state index contributed by atoms with van der Waals surface area (Å²) in [7, 11) is 0. The van der Waals surface area contributed by atoms with E-state index in [1.165, 1.54) is 0 Å². The average molecular weight is 247 g/mol. The molecule has 0 unspecified atom stereocenters. The van der Waals surface area contributed by atoms with Gasteiger partial charge in [-0.2, -0.15) is 5.26 Å². The van der Waals surface area contributed by atoms with Gasteiger partial charge in [0.05, 0.1) is 6.07 Å². The Morgan fingerprint density at radius 1 is 1.00 bits per heavy atom. The van der Waals surface area contributed by atoms with Crippen molar-refractivity contribution in [2.75, 3.05) is 0 Å². The van der Waals surface area contributed by atoms with Crippen LogP contribution in [0.5, 0.6) is 0 Å². The first kappa shape index (κ1) is 13.1. The van der Waals surface area contributed by atoms with E-state index in [9.17, 15) is 5.26 Å². The molecule has 0 spiro atoms. The minimum Gasteiger partial charge on any atom is -0.197 e. The zero-order valence-corrected chi connectivity index (χ0v) is 11.1. The fraction of sp³-hybridized carbons (Fsp3) is 0.167. The molecule has 2 aromatic rings. The maximum Gasteiger partial charge on any atom is 0.113 e. The molecular formula is C18H17N. The van der Waals surface area contributed by atoms with Crippen LogP contribution in [-0.2, 0) is 5.41 Å². The number of rotatable bonds is 4. The van der Waals surface area contributed by atoms with Crippen LogP contribution in [0.3, 0.4) is 0 Å². The summed E-state index contributed by atoms with van der Waals surface area (Å²) in [5, 5.41) is 9.89. The third-order valence-corrected chi connectivity index (χ3v) is 3.67. The summed E-state index contributed by atoms with van der Waals surface area (Å²) in [6, 6.07) is 22.4. The van der Waals surface area contributed by atoms with Crippen molar-refractivity contribution in [2.24, 2.45) is 5.92 Å². The fourth-order valence-electron chi connectivity index (χ4n) is 2.50. The molecule has 2 rings (SSSR count). The molecule has 0 aliphatic rings. The number of nitriles is 1. The molecule has 19 heavy (non-hydrogen) atoms. The molecule has 0 N–H and O–H groups in total. The van der Waals surface area contributed by atoms with Gasteiger partial charge in [-0.15, -0.1) is 6.58 Å². The SMILES string of the molecule is C=C[C@@H](C)C(C#N)(c1ccccc1)c1ccccc1. The van der Waals surface area contributed by atoms with Gasteiger partial charge in [0.25, 0.3) is 0 Å². The van der Waals surface area contributed by atoms with Crippen molar-refractivity contribution in [3.63, 3.8) is 0 Å². The molecule has 0 aromatic heterocycles. The van der Waals surface area contributed by atoms with E-state index >= 15 is 0 Å². The van der Waals surface area contributed by atoms with Crippen molar-refractivity contribution in [3.8, 4) is 6.07 Å². The lowest BCUT2D eigenvalue weighted by Gasteiger charge is -2.32. The third kappa shape index (κ3) is 2.18. The topological polar surface area (TPSA) is 23.8 Å². The van der Waals surface area contributed by atoms with Crippen LogP contribution < -0.4 is 0 Å². The second kappa shape index (κ2) is 5.54. The molecule has 1 nitrogen and oxygen atoms in total. The highest BCUT2D eigenvalue weighted by Crippen LogP contribution is 2.39. The molecule has 94 valence electrons. The third-order valence-electron chi connectivity index (χ3n) is 3.67. The predicted octanol–water partition coefficient (Wildman–Crippen LogP) is 4.32. The standard InChI is InChI=1S/C18H17N/c1-3-15(2)18(14-19,16-10-6-4-7-11-16)17-12-8-5-9-13-17/h3-13,15H,1H2,2H3/t15-/m1/s1. The van der Waals surface area contributed by atoms with Crippen molar-refractivity contribution in [3.05, 3.63) is 84.4 Å². The first-order chi connectivity index (χ1) is 9.25. The highest BCUT2D eigenvalue weighted by atomic mass is 14.4. The van der Waals surface area contributed by atoms with Crippen LogP contribution in [0.15, 0.2) is 73.3 Å². The molecule has 0 aliphatic heterocycles. The molecule has 1 atom stereocenters. The maximum absolute atomic E-state index is 9.89. The molecule has 0 aliphatic carbocycles. The van der Waals surface area contributed by atoms with Gasteiger partial charge < -0.3 is 0 Å². The van der Waals surface area contributed by atoms with Gasteiger partial charge in [-0.05, 0) is 11.1 Å². The van der Waals surface area contributed by atoms with Gasteiger partial charge in [0, 0.05) is 5.92 Å². The first-order valence-electron chi connectivity index (χ1n) is 6.40. The van der Waals surface area contributed by atoms with Crippen LogP contribution in [0.2, 0.25) is 0 Å². The summed E-state index contributed by atoms with van der Waals surface area (Å²) in [4.78, 5) is 0. The van der Waals surface area contributed by atoms with Crippen LogP contribution in [0.25, 0.3) is 0 Å². The molecule has 0 heterocycles. The molecule has 0 radical (unpaired) electrons. The van der Waals surface area contributed by atoms with Crippen molar-refractivity contribution >= 4 is 0 Å². The highest BCUT2D eigenvalue weighted by Gasteiger charge is 2.38. The number of benzene rings is 2. The molecule has 2 aromatic carbocycles. The quantitative estimate of drug-likeness (QED) is 0.738. The van der Waals surface area contributed by atoms with E-state index in [1.807, 2.05) is 73.7 Å². The summed E-state index contributed by atoms with van der Waals surface area (Å²) in [5.74, 6) is 0.0299. The second-order valence-corrected chi connectivity index (χ2v) is 4.68. The van der Waals surface area contributed by atoms with E-state index in [4.69, 9.17) is 0 Å². The van der Waals surface area contributed by atoms with E-state index in [2.05, 4.69) is 12.6 Å². The Morgan fingerprint density at radius 3 is 1.74 bits per heavy atom. The monoisotopic (exact) mass is 247 g/mol. The van der Waals surface area contributed by atoms with Crippen LogP contribution in [-0.4, -0.2) is 0 Å². The van der Waals surface area contributed by atoms with E-state index in [1.54, 1.807) is 0 Å². The number of nitrogens with zero attached hydrogens (tertiary/aromatic N) is 1. The molecule has 0 bridgehead atoms. The molecule has 0 saturated heterocycles. The van der Waals surface area contributed by atoms with E-state index in [0.717, 1.165) is 11.1 Å². The van der Waals surface area contributed by atoms with Crippen LogP contribution in [0.1, 0.15) is 18.1 Å². The van der Waals surface area contributed by atoms with Gasteiger partial charge in [-0.25, -0.2) is 0 Å². The molecule has 0 fully saturated rings. The van der Waals surface area contributed by atoms with E-state index < -0.39 is 5.41 Å². The Labute approximate surface area is 114 Å². The largest absolute Gasteiger partial charge is 0.197 e. The lowest BCUT2D eigenvalue weighted by Crippen LogP contribution is -2.32. The Kier molecular flexibility index (Phi) is 3.82. The predicted molar refractivity (Wildman–Crippen MR) is 78.6 cm³/mol. The van der Waals surface area contributed by atoms with Crippen LogP contribution in [0.4, 0.5) is 0 Å². The summed E-state index contributed by atoms with van der Waals surface area (Å²) in [6.07, 6.45) is 1.85. The van der Waals surface area contributed by atoms with Crippen molar-refractivity contribution in [1.29, 1.82) is 5.26 Å². The average Bonchev–Trinajstić information content (AvgIpc) is 2.50. The summed E-state index contributed by atoms with van der Waals surface area (Å²) in [5.41, 5.74) is 1.34.